The number of nitrogens with zero attached hydrogens (tertiary/aromatic N) is 3. The molecule has 2 fully saturated rings. The molecule has 0 spiro atoms. The van der Waals surface area contributed by atoms with E-state index in [2.05, 4.69) is 46.1 Å². The fraction of sp³-hybridized carbons (Fsp3) is 0.444. The molecule has 0 unspecified atom stereocenters. The number of morpholine rings is 1. The largest absolute Gasteiger partial charge is 0.491 e. The maximum Gasteiger partial charge on any atom is 0.225 e. The standard InChI is InChI=1S/C27H33FN4O3/c1-30-11-13-32(14-12-30)26(33)17-27(20-34-23-7-5-22(28)6-8-23)19-31(15-16-35-27)18-21-3-2-4-25-24(21)9-10-29-25/h2-10,29H,11-20H2,1H3/t27-/m1/s1. The normalized spacial score (nSPS) is 21.9. The Kier molecular flexibility index (Phi) is 7.04. The lowest BCUT2D eigenvalue weighted by Crippen LogP contribution is -2.58. The van der Waals surface area contributed by atoms with Gasteiger partial charge in [0.25, 0.3) is 0 Å². The van der Waals surface area contributed by atoms with Crippen LogP contribution in [0.3, 0.4) is 0 Å². The van der Waals surface area contributed by atoms with E-state index < -0.39 is 5.60 Å². The van der Waals surface area contributed by atoms with E-state index in [9.17, 15) is 9.18 Å². The summed E-state index contributed by atoms with van der Waals surface area (Å²) in [7, 11) is 2.08. The summed E-state index contributed by atoms with van der Waals surface area (Å²) < 4.78 is 25.8. The van der Waals surface area contributed by atoms with Crippen LogP contribution in [0.5, 0.6) is 5.75 Å². The minimum atomic E-state index is -0.779. The predicted molar refractivity (Wildman–Crippen MR) is 133 cm³/mol. The first-order valence-corrected chi connectivity index (χ1v) is 12.3. The molecule has 0 bridgehead atoms. The van der Waals surface area contributed by atoms with Gasteiger partial charge in [-0.15, -0.1) is 0 Å². The smallest absolute Gasteiger partial charge is 0.225 e. The molecule has 1 N–H and O–H groups in total. The van der Waals surface area contributed by atoms with E-state index in [0.29, 0.717) is 18.9 Å². The lowest BCUT2D eigenvalue weighted by molar-refractivity contribution is -0.157. The van der Waals surface area contributed by atoms with Gasteiger partial charge in [-0.05, 0) is 49.0 Å². The lowest BCUT2D eigenvalue weighted by Gasteiger charge is -2.43. The van der Waals surface area contributed by atoms with Crippen LogP contribution >= 0.6 is 0 Å². The molecule has 0 saturated carbocycles. The monoisotopic (exact) mass is 480 g/mol. The average Bonchev–Trinajstić information content (AvgIpc) is 3.34. The summed E-state index contributed by atoms with van der Waals surface area (Å²) in [5.41, 5.74) is 1.58. The molecular formula is C27H33FN4O3. The Bertz CT molecular complexity index is 1140. The number of piperazine rings is 1. The average molecular weight is 481 g/mol. The second-order valence-electron chi connectivity index (χ2n) is 9.70. The number of ether oxygens (including phenoxy) is 2. The maximum atomic E-state index is 13.4. The molecule has 2 aliphatic heterocycles. The summed E-state index contributed by atoms with van der Waals surface area (Å²) in [6.07, 6.45) is 2.21. The molecule has 1 aromatic heterocycles. The Labute approximate surface area is 205 Å². The number of H-pyrrole nitrogens is 1. The van der Waals surface area contributed by atoms with Crippen molar-refractivity contribution in [3.05, 3.63) is 66.1 Å². The lowest BCUT2D eigenvalue weighted by atomic mass is 9.96. The van der Waals surface area contributed by atoms with Gasteiger partial charge in [-0.3, -0.25) is 9.69 Å². The fourth-order valence-corrected chi connectivity index (χ4v) is 5.02. The number of likely N-dealkylation sites (N-methyl/N-ethyl adjacent to an activating group) is 1. The summed E-state index contributed by atoms with van der Waals surface area (Å²) in [4.78, 5) is 23.1. The molecule has 35 heavy (non-hydrogen) atoms. The van der Waals surface area contributed by atoms with Crippen molar-refractivity contribution in [3.8, 4) is 5.75 Å². The van der Waals surface area contributed by atoms with Gasteiger partial charge in [-0.1, -0.05) is 12.1 Å². The zero-order valence-electron chi connectivity index (χ0n) is 20.2. The number of carbonyl (C=O) groups excluding carboxylic acids is 1. The van der Waals surface area contributed by atoms with Gasteiger partial charge >= 0.3 is 0 Å². The van der Waals surface area contributed by atoms with Crippen LogP contribution in [-0.4, -0.2) is 90.7 Å². The van der Waals surface area contributed by atoms with Crippen molar-refractivity contribution in [3.63, 3.8) is 0 Å². The van der Waals surface area contributed by atoms with Crippen molar-refractivity contribution >= 4 is 16.8 Å². The van der Waals surface area contributed by atoms with Gasteiger partial charge < -0.3 is 24.3 Å². The van der Waals surface area contributed by atoms with Crippen molar-refractivity contribution in [1.82, 2.24) is 19.7 Å². The summed E-state index contributed by atoms with van der Waals surface area (Å²) >= 11 is 0. The predicted octanol–water partition coefficient (Wildman–Crippen LogP) is 3.12. The first-order valence-electron chi connectivity index (χ1n) is 12.3. The van der Waals surface area contributed by atoms with Crippen LogP contribution in [0.15, 0.2) is 54.7 Å². The number of benzene rings is 2. The van der Waals surface area contributed by atoms with E-state index in [1.54, 1.807) is 12.1 Å². The highest BCUT2D eigenvalue weighted by Gasteiger charge is 2.41. The van der Waals surface area contributed by atoms with Crippen molar-refractivity contribution in [2.45, 2.75) is 18.6 Å². The molecular weight excluding hydrogens is 447 g/mol. The Morgan fingerprint density at radius 3 is 2.69 bits per heavy atom. The third-order valence-corrected chi connectivity index (χ3v) is 7.05. The number of amides is 1. The number of carbonyl (C=O) groups is 1. The molecule has 1 amide bonds. The summed E-state index contributed by atoms with van der Waals surface area (Å²) in [5, 5.41) is 1.21. The second kappa shape index (κ2) is 10.4. The number of hydrogen-bond donors (Lipinski definition) is 1. The van der Waals surface area contributed by atoms with E-state index in [1.165, 1.54) is 23.1 Å². The highest BCUT2D eigenvalue weighted by Crippen LogP contribution is 2.28. The third kappa shape index (κ3) is 5.66. The van der Waals surface area contributed by atoms with Gasteiger partial charge in [-0.25, -0.2) is 4.39 Å². The molecule has 8 heteroatoms. The number of aromatic amines is 1. The Balaban J connectivity index is 1.33. The molecule has 0 aliphatic carbocycles. The van der Waals surface area contributed by atoms with Gasteiger partial charge in [0.05, 0.1) is 13.0 Å². The van der Waals surface area contributed by atoms with Crippen molar-refractivity contribution in [1.29, 1.82) is 0 Å². The van der Waals surface area contributed by atoms with E-state index >= 15 is 0 Å². The molecule has 186 valence electrons. The van der Waals surface area contributed by atoms with E-state index in [1.807, 2.05) is 11.1 Å². The molecule has 5 rings (SSSR count). The van der Waals surface area contributed by atoms with Crippen LogP contribution in [0.2, 0.25) is 0 Å². The fourth-order valence-electron chi connectivity index (χ4n) is 5.02. The van der Waals surface area contributed by atoms with E-state index in [0.717, 1.165) is 44.8 Å². The molecule has 7 nitrogen and oxygen atoms in total. The zero-order chi connectivity index (χ0) is 24.3. The Hall–Kier alpha value is -2.94. The number of fused-ring (bicyclic) bond motifs is 1. The molecule has 2 aliphatic rings. The highest BCUT2D eigenvalue weighted by molar-refractivity contribution is 5.82. The minimum Gasteiger partial charge on any atom is -0.491 e. The van der Waals surface area contributed by atoms with Crippen LogP contribution in [0, 0.1) is 5.82 Å². The molecule has 0 radical (unpaired) electrons. The van der Waals surface area contributed by atoms with Crippen LogP contribution < -0.4 is 4.74 Å². The number of halogens is 1. The van der Waals surface area contributed by atoms with Crippen LogP contribution in [0.1, 0.15) is 12.0 Å². The van der Waals surface area contributed by atoms with E-state index in [4.69, 9.17) is 9.47 Å². The molecule has 3 aromatic rings. The highest BCUT2D eigenvalue weighted by atomic mass is 19.1. The minimum absolute atomic E-state index is 0.0930. The summed E-state index contributed by atoms with van der Waals surface area (Å²) in [6, 6.07) is 14.4. The van der Waals surface area contributed by atoms with Crippen LogP contribution in [-0.2, 0) is 16.1 Å². The number of rotatable bonds is 7. The molecule has 3 heterocycles. The van der Waals surface area contributed by atoms with Gasteiger partial charge in [0.2, 0.25) is 5.91 Å². The van der Waals surface area contributed by atoms with E-state index in [-0.39, 0.29) is 24.8 Å². The number of hydrogen-bond acceptors (Lipinski definition) is 5. The zero-order valence-corrected chi connectivity index (χ0v) is 20.2. The van der Waals surface area contributed by atoms with Gasteiger partial charge in [0, 0.05) is 62.9 Å². The van der Waals surface area contributed by atoms with Crippen LogP contribution in [0.25, 0.3) is 10.9 Å². The maximum absolute atomic E-state index is 13.4. The van der Waals surface area contributed by atoms with Crippen molar-refractivity contribution in [2.75, 3.05) is 59.5 Å². The Morgan fingerprint density at radius 2 is 1.89 bits per heavy atom. The summed E-state index contributed by atoms with van der Waals surface area (Å²) in [5.74, 6) is 0.349. The molecule has 2 saturated heterocycles. The first-order chi connectivity index (χ1) is 17.0. The van der Waals surface area contributed by atoms with Gasteiger partial charge in [-0.2, -0.15) is 0 Å². The Morgan fingerprint density at radius 1 is 1.09 bits per heavy atom. The number of nitrogens with one attached hydrogen (secondary N) is 1. The SMILES string of the molecule is CN1CCN(C(=O)C[C@]2(COc3ccc(F)cc3)CN(Cc3cccc4[nH]ccc34)CCO2)CC1. The molecule has 2 aromatic carbocycles. The van der Waals surface area contributed by atoms with Crippen molar-refractivity contribution in [2.24, 2.45) is 0 Å². The number of aromatic nitrogens is 1. The topological polar surface area (TPSA) is 61.0 Å². The quantitative estimate of drug-likeness (QED) is 0.563. The van der Waals surface area contributed by atoms with Gasteiger partial charge in [0.1, 0.15) is 23.8 Å². The first kappa shape index (κ1) is 23.8. The van der Waals surface area contributed by atoms with Gasteiger partial charge in [0.15, 0.2) is 0 Å². The molecule has 1 atom stereocenters. The summed E-state index contributed by atoms with van der Waals surface area (Å²) in [6.45, 7) is 6.06. The second-order valence-corrected chi connectivity index (χ2v) is 9.70. The van der Waals surface area contributed by atoms with Crippen LogP contribution in [0.4, 0.5) is 4.39 Å². The van der Waals surface area contributed by atoms with Crippen molar-refractivity contribution < 1.29 is 18.7 Å². The third-order valence-electron chi connectivity index (χ3n) is 7.05.